The Morgan fingerprint density at radius 3 is 2.78 bits per heavy atom. The number of hydrogen-bond acceptors (Lipinski definition) is 6. The van der Waals surface area contributed by atoms with Gasteiger partial charge in [0.1, 0.15) is 11.5 Å². The summed E-state index contributed by atoms with van der Waals surface area (Å²) in [5.41, 5.74) is 2.71. The molecule has 1 aromatic heterocycles. The van der Waals surface area contributed by atoms with E-state index in [1.54, 1.807) is 0 Å². The summed E-state index contributed by atoms with van der Waals surface area (Å²) in [4.78, 5) is 10.8. The van der Waals surface area contributed by atoms with Crippen molar-refractivity contribution < 1.29 is 10.2 Å². The maximum atomic E-state index is 10.8. The first-order valence-electron chi connectivity index (χ1n) is 5.02. The molecule has 0 bridgehead atoms. The van der Waals surface area contributed by atoms with Gasteiger partial charge in [-0.05, 0) is 18.2 Å². The van der Waals surface area contributed by atoms with Crippen LogP contribution in [0.15, 0.2) is 40.2 Å². The molecule has 2 aromatic rings. The van der Waals surface area contributed by atoms with Crippen molar-refractivity contribution in [1.82, 2.24) is 10.2 Å². The lowest BCUT2D eigenvalue weighted by molar-refractivity contribution is 0.450. The molecule has 0 spiro atoms. The van der Waals surface area contributed by atoms with Gasteiger partial charge in [0.25, 0.3) is 5.56 Å². The Kier molecular flexibility index (Phi) is 3.24. The zero-order chi connectivity index (χ0) is 13.0. The van der Waals surface area contributed by atoms with Crippen molar-refractivity contribution in [3.05, 3.63) is 46.2 Å². The number of hydrazone groups is 1. The summed E-state index contributed by atoms with van der Waals surface area (Å²) in [5, 5.41) is 28.3. The van der Waals surface area contributed by atoms with Gasteiger partial charge in [-0.25, -0.2) is 5.10 Å². The van der Waals surface area contributed by atoms with Gasteiger partial charge in [0.05, 0.1) is 6.21 Å². The molecule has 0 saturated carbocycles. The topological polar surface area (TPSA) is 111 Å². The number of aromatic amines is 1. The Balaban J connectivity index is 2.07. The number of H-pyrrole nitrogens is 1. The maximum absolute atomic E-state index is 10.8. The molecule has 92 valence electrons. The van der Waals surface area contributed by atoms with E-state index in [0.717, 1.165) is 0 Å². The predicted molar refractivity (Wildman–Crippen MR) is 65.8 cm³/mol. The van der Waals surface area contributed by atoms with E-state index < -0.39 is 0 Å². The van der Waals surface area contributed by atoms with Crippen LogP contribution in [0.1, 0.15) is 5.56 Å². The number of phenolic OH excluding ortho intramolecular Hbond substituents is 2. The molecule has 0 unspecified atom stereocenters. The summed E-state index contributed by atoms with van der Waals surface area (Å²) in [6, 6.07) is 6.92. The second kappa shape index (κ2) is 5.00. The number of nitrogens with zero attached hydrogens (tertiary/aromatic N) is 2. The lowest BCUT2D eigenvalue weighted by Gasteiger charge is -2.00. The van der Waals surface area contributed by atoms with Crippen molar-refractivity contribution in [2.75, 3.05) is 5.43 Å². The Hall–Kier alpha value is -2.83. The SMILES string of the molecule is O=c1ccc(NN=Cc2ccc(O)cc2O)n[nH]1. The fourth-order valence-electron chi connectivity index (χ4n) is 1.22. The van der Waals surface area contributed by atoms with E-state index in [4.69, 9.17) is 5.11 Å². The molecule has 4 N–H and O–H groups in total. The predicted octanol–water partition coefficient (Wildman–Crippen LogP) is 0.627. The molecule has 1 aromatic carbocycles. The van der Waals surface area contributed by atoms with Gasteiger partial charge in [-0.3, -0.25) is 10.2 Å². The highest BCUT2D eigenvalue weighted by molar-refractivity contribution is 5.84. The minimum absolute atomic E-state index is 0.0279. The molecule has 0 atom stereocenters. The summed E-state index contributed by atoms with van der Waals surface area (Å²) in [5.74, 6) is 0.249. The van der Waals surface area contributed by atoms with Crippen molar-refractivity contribution in [2.45, 2.75) is 0 Å². The van der Waals surface area contributed by atoms with Gasteiger partial charge < -0.3 is 10.2 Å². The van der Waals surface area contributed by atoms with Crippen LogP contribution in [0.2, 0.25) is 0 Å². The van der Waals surface area contributed by atoms with Crippen LogP contribution in [-0.4, -0.2) is 26.6 Å². The molecular weight excluding hydrogens is 236 g/mol. The van der Waals surface area contributed by atoms with Crippen LogP contribution in [0.4, 0.5) is 5.82 Å². The summed E-state index contributed by atoms with van der Waals surface area (Å²) < 4.78 is 0. The van der Waals surface area contributed by atoms with Crippen LogP contribution in [0.25, 0.3) is 0 Å². The zero-order valence-corrected chi connectivity index (χ0v) is 9.16. The molecule has 7 nitrogen and oxygen atoms in total. The number of benzene rings is 1. The second-order valence-corrected chi connectivity index (χ2v) is 3.42. The lowest BCUT2D eigenvalue weighted by Crippen LogP contribution is -2.06. The first kappa shape index (κ1) is 11.6. The standard InChI is InChI=1S/C11H10N4O3/c16-8-2-1-7(9(17)5-8)6-12-13-10-3-4-11(18)15-14-10/h1-6,16-17H,(H,13,14)(H,15,18). The fourth-order valence-corrected chi connectivity index (χ4v) is 1.22. The average molecular weight is 246 g/mol. The van der Waals surface area contributed by atoms with Gasteiger partial charge in [0.2, 0.25) is 0 Å². The van der Waals surface area contributed by atoms with Gasteiger partial charge in [-0.2, -0.15) is 10.2 Å². The van der Waals surface area contributed by atoms with E-state index in [1.165, 1.54) is 36.5 Å². The number of phenols is 2. The van der Waals surface area contributed by atoms with Crippen LogP contribution in [0.3, 0.4) is 0 Å². The third-order valence-corrected chi connectivity index (χ3v) is 2.08. The van der Waals surface area contributed by atoms with Gasteiger partial charge in [-0.15, -0.1) is 0 Å². The number of nitrogens with one attached hydrogen (secondary N) is 2. The molecule has 1 heterocycles. The summed E-state index contributed by atoms with van der Waals surface area (Å²) in [6.45, 7) is 0. The van der Waals surface area contributed by atoms with Gasteiger partial charge >= 0.3 is 0 Å². The monoisotopic (exact) mass is 246 g/mol. The number of anilines is 1. The largest absolute Gasteiger partial charge is 0.508 e. The summed E-state index contributed by atoms with van der Waals surface area (Å²) in [7, 11) is 0. The molecule has 7 heteroatoms. The highest BCUT2D eigenvalue weighted by atomic mass is 16.3. The maximum Gasteiger partial charge on any atom is 0.264 e. The summed E-state index contributed by atoms with van der Waals surface area (Å²) >= 11 is 0. The van der Waals surface area contributed by atoms with Gasteiger partial charge in [-0.1, -0.05) is 0 Å². The third kappa shape index (κ3) is 2.85. The van der Waals surface area contributed by atoms with Crippen LogP contribution in [-0.2, 0) is 0 Å². The molecule has 0 aliphatic rings. The van der Waals surface area contributed by atoms with Crippen LogP contribution in [0, 0.1) is 0 Å². The van der Waals surface area contributed by atoms with E-state index in [2.05, 4.69) is 20.7 Å². The first-order chi connectivity index (χ1) is 8.65. The normalized spacial score (nSPS) is 10.7. The van der Waals surface area contributed by atoms with Crippen molar-refractivity contribution in [1.29, 1.82) is 0 Å². The van der Waals surface area contributed by atoms with Crippen LogP contribution >= 0.6 is 0 Å². The van der Waals surface area contributed by atoms with E-state index in [-0.39, 0.29) is 17.1 Å². The first-order valence-corrected chi connectivity index (χ1v) is 5.02. The smallest absolute Gasteiger partial charge is 0.264 e. The molecule has 18 heavy (non-hydrogen) atoms. The van der Waals surface area contributed by atoms with Crippen molar-refractivity contribution >= 4 is 12.0 Å². The zero-order valence-electron chi connectivity index (χ0n) is 9.16. The minimum atomic E-state index is -0.305. The number of hydrogen-bond donors (Lipinski definition) is 4. The fraction of sp³-hybridized carbons (Fsp3) is 0. The Morgan fingerprint density at radius 2 is 2.11 bits per heavy atom. The van der Waals surface area contributed by atoms with Gasteiger partial charge in [0, 0.05) is 17.7 Å². The number of rotatable bonds is 3. The molecule has 0 amide bonds. The molecule has 0 aliphatic carbocycles. The number of aromatic hydroxyl groups is 2. The quantitative estimate of drug-likeness (QED) is 0.469. The van der Waals surface area contributed by atoms with E-state index in [0.29, 0.717) is 11.4 Å². The lowest BCUT2D eigenvalue weighted by atomic mass is 10.2. The molecule has 2 rings (SSSR count). The third-order valence-electron chi connectivity index (χ3n) is 2.08. The second-order valence-electron chi connectivity index (χ2n) is 3.42. The minimum Gasteiger partial charge on any atom is -0.508 e. The van der Waals surface area contributed by atoms with Crippen molar-refractivity contribution in [3.8, 4) is 11.5 Å². The van der Waals surface area contributed by atoms with Crippen molar-refractivity contribution in [2.24, 2.45) is 5.10 Å². The van der Waals surface area contributed by atoms with E-state index in [9.17, 15) is 9.90 Å². The molecule has 0 radical (unpaired) electrons. The molecule has 0 saturated heterocycles. The molecular formula is C11H10N4O3. The average Bonchev–Trinajstić information content (AvgIpc) is 2.34. The summed E-state index contributed by atoms with van der Waals surface area (Å²) in [6.07, 6.45) is 1.36. The van der Waals surface area contributed by atoms with Crippen LogP contribution < -0.4 is 11.0 Å². The molecule has 0 fully saturated rings. The Morgan fingerprint density at radius 1 is 1.28 bits per heavy atom. The van der Waals surface area contributed by atoms with Crippen molar-refractivity contribution in [3.63, 3.8) is 0 Å². The Labute approximate surface area is 101 Å². The Bertz CT molecular complexity index is 616. The highest BCUT2D eigenvalue weighted by Crippen LogP contribution is 2.20. The van der Waals surface area contributed by atoms with Crippen LogP contribution in [0.5, 0.6) is 11.5 Å². The molecule has 0 aliphatic heterocycles. The van der Waals surface area contributed by atoms with E-state index in [1.807, 2.05) is 0 Å². The number of aromatic nitrogens is 2. The van der Waals surface area contributed by atoms with E-state index >= 15 is 0 Å². The highest BCUT2D eigenvalue weighted by Gasteiger charge is 1.98. The van der Waals surface area contributed by atoms with Gasteiger partial charge in [0.15, 0.2) is 5.82 Å².